The predicted molar refractivity (Wildman–Crippen MR) is 19.0 cm³/mol. The molecule has 0 N–H and O–H groups in total. The highest BCUT2D eigenvalue weighted by molar-refractivity contribution is 4.39. The Hall–Kier alpha value is -1.33. The van der Waals surface area contributed by atoms with Gasteiger partial charge in [0.15, 0.2) is 6.33 Å². The van der Waals surface area contributed by atoms with Crippen LogP contribution < -0.4 is 0 Å². The molecule has 0 radical (unpaired) electrons. The van der Waals surface area contributed by atoms with E-state index in [0.717, 1.165) is 11.1 Å². The zero-order valence-electron chi connectivity index (χ0n) is 3.22. The van der Waals surface area contributed by atoms with Crippen molar-refractivity contribution in [2.24, 2.45) is 5.29 Å². The van der Waals surface area contributed by atoms with Gasteiger partial charge in [0.2, 0.25) is 0 Å². The van der Waals surface area contributed by atoms with Gasteiger partial charge in [-0.2, -0.15) is 0 Å². The molecular formula is CHN5O. The highest BCUT2D eigenvalue weighted by Crippen LogP contribution is 1.68. The largest absolute Gasteiger partial charge is 0.167 e. The van der Waals surface area contributed by atoms with Crippen LogP contribution in [0, 0.1) is 4.91 Å². The second kappa shape index (κ2) is 1.41. The molecule has 0 aliphatic rings. The lowest BCUT2D eigenvalue weighted by molar-refractivity contribution is 0.684. The Labute approximate surface area is 38.1 Å². The Bertz CT molecular complexity index is 143. The average molecular weight is 99.1 g/mol. The standard InChI is InChI=1S/CHN5O/c7-5-6-1-2-3-4-6/h1H. The lowest BCUT2D eigenvalue weighted by Gasteiger charge is -1.68. The number of rotatable bonds is 1. The smallest absolute Gasteiger partial charge is 0.123 e. The van der Waals surface area contributed by atoms with Gasteiger partial charge in [-0.1, -0.05) is 4.79 Å². The fourth-order valence-electron chi connectivity index (χ4n) is 0.194. The van der Waals surface area contributed by atoms with Crippen LogP contribution in [-0.2, 0) is 0 Å². The predicted octanol–water partition coefficient (Wildman–Crippen LogP) is -0.797. The maximum atomic E-state index is 9.44. The highest BCUT2D eigenvalue weighted by atomic mass is 16.3. The third-order valence-corrected chi connectivity index (χ3v) is 0.422. The number of tetrazole rings is 1. The van der Waals surface area contributed by atoms with E-state index in [2.05, 4.69) is 20.8 Å². The van der Waals surface area contributed by atoms with Crippen molar-refractivity contribution in [3.05, 3.63) is 11.2 Å². The first-order valence-electron chi connectivity index (χ1n) is 1.50. The summed E-state index contributed by atoms with van der Waals surface area (Å²) in [5.41, 5.74) is 0. The molecule has 0 unspecified atom stereocenters. The molecule has 0 aromatic carbocycles. The van der Waals surface area contributed by atoms with Crippen molar-refractivity contribution in [2.45, 2.75) is 0 Å². The monoisotopic (exact) mass is 99.0 g/mol. The topological polar surface area (TPSA) is 73.0 Å². The van der Waals surface area contributed by atoms with Gasteiger partial charge in [-0.15, -0.1) is 10.0 Å². The van der Waals surface area contributed by atoms with Crippen LogP contribution in [0.1, 0.15) is 0 Å². The number of aromatic nitrogens is 4. The Morgan fingerprint density at radius 2 is 2.57 bits per heavy atom. The van der Waals surface area contributed by atoms with Gasteiger partial charge < -0.3 is 0 Å². The van der Waals surface area contributed by atoms with Crippen LogP contribution in [0.2, 0.25) is 0 Å². The summed E-state index contributed by atoms with van der Waals surface area (Å²) in [5, 5.41) is 11.7. The molecule has 6 nitrogen and oxygen atoms in total. The lowest BCUT2D eigenvalue weighted by atomic mass is 11.4. The zero-order chi connectivity index (χ0) is 5.11. The molecule has 0 saturated carbocycles. The Kier molecular flexibility index (Phi) is 0.777. The summed E-state index contributed by atoms with van der Waals surface area (Å²) in [4.78, 5) is 10.2. The number of nitrogens with zero attached hydrogens (tertiary/aromatic N) is 5. The minimum atomic E-state index is 0.722. The van der Waals surface area contributed by atoms with Crippen LogP contribution in [-0.4, -0.2) is 20.3 Å². The van der Waals surface area contributed by atoms with Crippen molar-refractivity contribution in [3.8, 4) is 0 Å². The summed E-state index contributed by atoms with van der Waals surface area (Å²) in [6, 6.07) is 0. The lowest BCUT2D eigenvalue weighted by Crippen LogP contribution is -1.84. The van der Waals surface area contributed by atoms with Crippen LogP contribution in [0.15, 0.2) is 11.6 Å². The fraction of sp³-hybridized carbons (Fsp3) is 0. The van der Waals surface area contributed by atoms with Crippen molar-refractivity contribution in [3.63, 3.8) is 0 Å². The molecule has 1 aromatic rings. The van der Waals surface area contributed by atoms with Gasteiger partial charge in [0.05, 0.1) is 5.29 Å². The van der Waals surface area contributed by atoms with Crippen molar-refractivity contribution in [2.75, 3.05) is 0 Å². The molecule has 7 heavy (non-hydrogen) atoms. The SMILES string of the molecule is O=Nn1cnnn1. The summed E-state index contributed by atoms with van der Waals surface area (Å²) in [6.07, 6.45) is 1.10. The zero-order valence-corrected chi connectivity index (χ0v) is 3.22. The second-order valence-corrected chi connectivity index (χ2v) is 0.812. The first-order valence-corrected chi connectivity index (χ1v) is 1.50. The summed E-state index contributed by atoms with van der Waals surface area (Å²) < 4.78 is 0. The van der Waals surface area contributed by atoms with E-state index >= 15 is 0 Å². The van der Waals surface area contributed by atoms with Gasteiger partial charge >= 0.3 is 0 Å². The van der Waals surface area contributed by atoms with Crippen LogP contribution in [0.4, 0.5) is 0 Å². The summed E-state index contributed by atoms with van der Waals surface area (Å²) in [5.74, 6) is 0. The maximum absolute atomic E-state index is 9.44. The van der Waals surface area contributed by atoms with Gasteiger partial charge in [0.25, 0.3) is 0 Å². The summed E-state index contributed by atoms with van der Waals surface area (Å²) >= 11 is 0. The molecule has 1 rings (SSSR count). The number of hydrogen-bond donors (Lipinski definition) is 0. The van der Waals surface area contributed by atoms with E-state index in [9.17, 15) is 4.91 Å². The molecule has 0 saturated heterocycles. The Morgan fingerprint density at radius 1 is 1.71 bits per heavy atom. The minimum absolute atomic E-state index is 0.722. The average Bonchev–Trinajstić information content (AvgIpc) is 2.14. The highest BCUT2D eigenvalue weighted by Gasteiger charge is 1.81. The fourth-order valence-corrected chi connectivity index (χ4v) is 0.194. The van der Waals surface area contributed by atoms with Crippen LogP contribution in [0.25, 0.3) is 0 Å². The van der Waals surface area contributed by atoms with Crippen LogP contribution >= 0.6 is 0 Å². The van der Waals surface area contributed by atoms with E-state index in [1.165, 1.54) is 0 Å². The van der Waals surface area contributed by atoms with Crippen molar-refractivity contribution in [1.82, 2.24) is 20.3 Å². The van der Waals surface area contributed by atoms with Gasteiger partial charge in [-0.3, -0.25) is 0 Å². The number of hydrogen-bond acceptors (Lipinski definition) is 5. The molecular weight excluding hydrogens is 98.0 g/mol. The molecule has 6 heteroatoms. The third-order valence-electron chi connectivity index (χ3n) is 0.422. The molecule has 0 atom stereocenters. The molecule has 36 valence electrons. The molecule has 1 heterocycles. The molecule has 1 aromatic heterocycles. The van der Waals surface area contributed by atoms with E-state index in [0.29, 0.717) is 0 Å². The normalized spacial score (nSPS) is 8.57. The molecule has 0 aliphatic heterocycles. The molecule has 0 aliphatic carbocycles. The van der Waals surface area contributed by atoms with Gasteiger partial charge in [0, 0.05) is 0 Å². The Balaban J connectivity index is 2.96. The maximum Gasteiger partial charge on any atom is 0.167 e. The van der Waals surface area contributed by atoms with Crippen molar-refractivity contribution < 1.29 is 0 Å². The summed E-state index contributed by atoms with van der Waals surface area (Å²) in [6.45, 7) is 0. The van der Waals surface area contributed by atoms with E-state index < -0.39 is 0 Å². The van der Waals surface area contributed by atoms with Crippen molar-refractivity contribution in [1.29, 1.82) is 0 Å². The third kappa shape index (κ3) is 0.566. The van der Waals surface area contributed by atoms with Crippen molar-refractivity contribution >= 4 is 0 Å². The minimum Gasteiger partial charge on any atom is -0.123 e. The molecule has 0 spiro atoms. The van der Waals surface area contributed by atoms with Gasteiger partial charge in [-0.25, -0.2) is 0 Å². The first-order chi connectivity index (χ1) is 3.43. The van der Waals surface area contributed by atoms with E-state index in [4.69, 9.17) is 0 Å². The summed E-state index contributed by atoms with van der Waals surface area (Å²) in [7, 11) is 0. The van der Waals surface area contributed by atoms with E-state index in [1.54, 1.807) is 0 Å². The van der Waals surface area contributed by atoms with E-state index in [-0.39, 0.29) is 0 Å². The van der Waals surface area contributed by atoms with Crippen LogP contribution in [0.3, 0.4) is 0 Å². The Morgan fingerprint density at radius 3 is 2.86 bits per heavy atom. The van der Waals surface area contributed by atoms with E-state index in [1.807, 2.05) is 0 Å². The number of nitroso groups, excluding NO2 is 1. The molecule has 0 fully saturated rings. The second-order valence-electron chi connectivity index (χ2n) is 0.812. The van der Waals surface area contributed by atoms with Crippen LogP contribution in [0.5, 0.6) is 0 Å². The molecule has 0 amide bonds. The van der Waals surface area contributed by atoms with Gasteiger partial charge in [-0.05, 0) is 10.4 Å². The quantitative estimate of drug-likeness (QED) is 0.432. The van der Waals surface area contributed by atoms with Gasteiger partial charge in [0.1, 0.15) is 0 Å². The molecule has 0 bridgehead atoms. The first kappa shape index (κ1) is 3.85.